The average molecular weight is 529 g/mol. The molecule has 0 radical (unpaired) electrons. The first-order valence-electron chi connectivity index (χ1n) is 10.6. The van der Waals surface area contributed by atoms with Crippen LogP contribution in [0.4, 0.5) is 0 Å². The number of carbonyl (C=O) groups excluding carboxylic acids is 1. The molecule has 2 heterocycles. The van der Waals surface area contributed by atoms with Crippen molar-refractivity contribution in [2.75, 3.05) is 40.9 Å². The number of carbonyl (C=O) groups is 1. The van der Waals surface area contributed by atoms with Gasteiger partial charge in [-0.2, -0.15) is 0 Å². The molecule has 1 aromatic rings. The number of ether oxygens (including phenoxy) is 1. The van der Waals surface area contributed by atoms with Crippen LogP contribution in [0.3, 0.4) is 0 Å². The van der Waals surface area contributed by atoms with Gasteiger partial charge in [-0.15, -0.1) is 24.0 Å². The van der Waals surface area contributed by atoms with E-state index in [1.165, 1.54) is 18.4 Å². The molecule has 30 heavy (non-hydrogen) atoms. The number of fused-ring (bicyclic) bond motifs is 2. The number of nitrogens with zero attached hydrogens (tertiary/aromatic N) is 3. The Labute approximate surface area is 197 Å². The fourth-order valence-electron chi connectivity index (χ4n) is 4.35. The summed E-state index contributed by atoms with van der Waals surface area (Å²) in [6, 6.07) is 12.3. The van der Waals surface area contributed by atoms with Gasteiger partial charge in [-0.3, -0.25) is 9.69 Å². The first-order chi connectivity index (χ1) is 14.1. The molecule has 2 unspecified atom stereocenters. The average Bonchev–Trinajstić information content (AvgIpc) is 2.95. The third-order valence-corrected chi connectivity index (χ3v) is 5.90. The largest absolute Gasteiger partial charge is 0.383 e. The van der Waals surface area contributed by atoms with Crippen molar-refractivity contribution in [1.82, 2.24) is 20.4 Å². The van der Waals surface area contributed by atoms with E-state index in [9.17, 15) is 4.79 Å². The van der Waals surface area contributed by atoms with E-state index in [2.05, 4.69) is 50.9 Å². The molecule has 3 rings (SSSR count). The molecule has 1 aromatic carbocycles. The SMILES string of the molecule is COCCNC(=NCC(=O)N(C)C)NC1CC2CCC(C1)N2Cc1ccccc1.I. The number of aliphatic imine (C=N–C) groups is 1. The monoisotopic (exact) mass is 529 g/mol. The van der Waals surface area contributed by atoms with Crippen LogP contribution in [0.2, 0.25) is 0 Å². The molecule has 2 fully saturated rings. The lowest BCUT2D eigenvalue weighted by Gasteiger charge is -2.39. The molecule has 0 saturated carbocycles. The summed E-state index contributed by atoms with van der Waals surface area (Å²) < 4.78 is 5.13. The molecular weight excluding hydrogens is 493 g/mol. The number of rotatable bonds is 8. The topological polar surface area (TPSA) is 69.2 Å². The molecule has 2 aliphatic rings. The van der Waals surface area contributed by atoms with E-state index in [4.69, 9.17) is 4.74 Å². The number of nitrogens with one attached hydrogen (secondary N) is 2. The molecule has 168 valence electrons. The van der Waals surface area contributed by atoms with Crippen LogP contribution in [-0.4, -0.2) is 80.7 Å². The lowest BCUT2D eigenvalue weighted by Crippen LogP contribution is -2.52. The Bertz CT molecular complexity index is 671. The van der Waals surface area contributed by atoms with E-state index in [1.807, 2.05) is 0 Å². The molecule has 8 heteroatoms. The number of hydrogen-bond donors (Lipinski definition) is 2. The molecule has 0 aliphatic carbocycles. The van der Waals surface area contributed by atoms with Crippen LogP contribution in [0.5, 0.6) is 0 Å². The number of piperidine rings is 1. The number of halogens is 1. The summed E-state index contributed by atoms with van der Waals surface area (Å²) in [5.74, 6) is 0.703. The van der Waals surface area contributed by atoms with Gasteiger partial charge in [0.15, 0.2) is 5.96 Å². The molecule has 1 amide bonds. The third-order valence-electron chi connectivity index (χ3n) is 5.90. The van der Waals surface area contributed by atoms with Crippen LogP contribution in [0, 0.1) is 0 Å². The molecule has 2 atom stereocenters. The first kappa shape index (κ1) is 24.9. The predicted molar refractivity (Wildman–Crippen MR) is 131 cm³/mol. The Morgan fingerprint density at radius 1 is 1.20 bits per heavy atom. The van der Waals surface area contributed by atoms with Gasteiger partial charge in [-0.25, -0.2) is 4.99 Å². The Balaban J connectivity index is 0.00000320. The maximum Gasteiger partial charge on any atom is 0.243 e. The van der Waals surface area contributed by atoms with Crippen LogP contribution < -0.4 is 10.6 Å². The third kappa shape index (κ3) is 7.09. The van der Waals surface area contributed by atoms with Crippen molar-refractivity contribution >= 4 is 35.8 Å². The smallest absolute Gasteiger partial charge is 0.243 e. The zero-order valence-corrected chi connectivity index (χ0v) is 20.7. The summed E-state index contributed by atoms with van der Waals surface area (Å²) in [5, 5.41) is 6.87. The standard InChI is InChI=1S/C22H35N5O2.HI/c1-26(2)21(28)15-24-22(23-11-12-29-3)25-18-13-19-9-10-20(14-18)27(19)16-17-7-5-4-6-8-17;/h4-8,18-20H,9-16H2,1-3H3,(H2,23,24,25);1H. The van der Waals surface area contributed by atoms with E-state index in [0.717, 1.165) is 19.4 Å². The predicted octanol–water partition coefficient (Wildman–Crippen LogP) is 2.07. The quantitative estimate of drug-likeness (QED) is 0.234. The second-order valence-electron chi connectivity index (χ2n) is 8.23. The molecule has 0 aromatic heterocycles. The molecule has 7 nitrogen and oxygen atoms in total. The van der Waals surface area contributed by atoms with Crippen LogP contribution >= 0.6 is 24.0 Å². The highest BCUT2D eigenvalue weighted by Crippen LogP contribution is 2.36. The summed E-state index contributed by atoms with van der Waals surface area (Å²) in [4.78, 5) is 20.7. The van der Waals surface area contributed by atoms with E-state index in [1.54, 1.807) is 26.1 Å². The van der Waals surface area contributed by atoms with Crippen molar-refractivity contribution in [2.45, 2.75) is 50.4 Å². The summed E-state index contributed by atoms with van der Waals surface area (Å²) >= 11 is 0. The summed E-state index contributed by atoms with van der Waals surface area (Å²) in [7, 11) is 5.19. The van der Waals surface area contributed by atoms with E-state index in [-0.39, 0.29) is 36.4 Å². The number of guanidine groups is 1. The van der Waals surface area contributed by atoms with Gasteiger partial charge < -0.3 is 20.3 Å². The Hall–Kier alpha value is -1.39. The summed E-state index contributed by atoms with van der Waals surface area (Å²) in [6.45, 7) is 2.45. The van der Waals surface area contributed by atoms with Gasteiger partial charge in [-0.05, 0) is 31.2 Å². The van der Waals surface area contributed by atoms with Crippen molar-refractivity contribution < 1.29 is 9.53 Å². The number of amides is 1. The fourth-order valence-corrected chi connectivity index (χ4v) is 4.35. The van der Waals surface area contributed by atoms with Crippen molar-refractivity contribution in [1.29, 1.82) is 0 Å². The maximum absolute atomic E-state index is 11.9. The molecule has 2 saturated heterocycles. The number of methoxy groups -OCH3 is 1. The van der Waals surface area contributed by atoms with Crippen LogP contribution in [0.15, 0.2) is 35.3 Å². The number of benzene rings is 1. The van der Waals surface area contributed by atoms with E-state index < -0.39 is 0 Å². The van der Waals surface area contributed by atoms with Crippen molar-refractivity contribution in [2.24, 2.45) is 4.99 Å². The summed E-state index contributed by atoms with van der Waals surface area (Å²) in [5.41, 5.74) is 1.39. The Morgan fingerprint density at radius 3 is 2.47 bits per heavy atom. The number of hydrogen-bond acceptors (Lipinski definition) is 4. The van der Waals surface area contributed by atoms with Gasteiger partial charge in [0.25, 0.3) is 0 Å². The molecule has 0 spiro atoms. The molecule has 2 bridgehead atoms. The number of likely N-dealkylation sites (N-methyl/N-ethyl adjacent to an activating group) is 1. The lowest BCUT2D eigenvalue weighted by molar-refractivity contribution is -0.127. The molecule has 2 aliphatic heterocycles. The normalized spacial score (nSPS) is 23.6. The van der Waals surface area contributed by atoms with Crippen molar-refractivity contribution in [3.05, 3.63) is 35.9 Å². The van der Waals surface area contributed by atoms with Gasteiger partial charge in [0.05, 0.1) is 6.61 Å². The van der Waals surface area contributed by atoms with Crippen LogP contribution in [0.1, 0.15) is 31.2 Å². The Morgan fingerprint density at radius 2 is 1.87 bits per heavy atom. The second kappa shape index (κ2) is 12.5. The Kier molecular flexibility index (Phi) is 10.3. The van der Waals surface area contributed by atoms with E-state index >= 15 is 0 Å². The minimum atomic E-state index is -0.00408. The first-order valence-corrected chi connectivity index (χ1v) is 10.6. The minimum Gasteiger partial charge on any atom is -0.383 e. The van der Waals surface area contributed by atoms with Crippen molar-refractivity contribution in [3.63, 3.8) is 0 Å². The minimum absolute atomic E-state index is 0. The lowest BCUT2D eigenvalue weighted by atomic mass is 9.96. The molecular formula is C22H36IN5O2. The van der Waals surface area contributed by atoms with Crippen molar-refractivity contribution in [3.8, 4) is 0 Å². The van der Waals surface area contributed by atoms with Crippen LogP contribution in [0.25, 0.3) is 0 Å². The highest BCUT2D eigenvalue weighted by Gasteiger charge is 2.40. The van der Waals surface area contributed by atoms with Crippen LogP contribution in [-0.2, 0) is 16.1 Å². The maximum atomic E-state index is 11.9. The second-order valence-corrected chi connectivity index (χ2v) is 8.23. The van der Waals surface area contributed by atoms with Gasteiger partial charge in [-0.1, -0.05) is 30.3 Å². The summed E-state index contributed by atoms with van der Waals surface area (Å²) in [6.07, 6.45) is 4.74. The van der Waals surface area contributed by atoms with Gasteiger partial charge in [0.2, 0.25) is 5.91 Å². The fraction of sp³-hybridized carbons (Fsp3) is 0.636. The highest BCUT2D eigenvalue weighted by molar-refractivity contribution is 14.0. The molecule has 2 N–H and O–H groups in total. The highest BCUT2D eigenvalue weighted by atomic mass is 127. The van der Waals surface area contributed by atoms with Gasteiger partial charge in [0.1, 0.15) is 6.54 Å². The zero-order valence-electron chi connectivity index (χ0n) is 18.3. The van der Waals surface area contributed by atoms with E-state index in [0.29, 0.717) is 37.2 Å². The zero-order chi connectivity index (χ0) is 20.6. The van der Waals surface area contributed by atoms with Gasteiger partial charge >= 0.3 is 0 Å². The van der Waals surface area contributed by atoms with Gasteiger partial charge in [0, 0.05) is 52.4 Å².